The second-order valence-electron chi connectivity index (χ2n) is 5.55. The van der Waals surface area contributed by atoms with Gasteiger partial charge in [0.05, 0.1) is 5.69 Å². The van der Waals surface area contributed by atoms with Gasteiger partial charge in [0.25, 0.3) is 0 Å². The van der Waals surface area contributed by atoms with Crippen LogP contribution in [-0.2, 0) is 10.2 Å². The third-order valence-corrected chi connectivity index (χ3v) is 5.87. The van der Waals surface area contributed by atoms with E-state index in [9.17, 15) is 8.42 Å². The van der Waals surface area contributed by atoms with Gasteiger partial charge in [-0.15, -0.1) is 0 Å². The molecule has 1 aromatic rings. The van der Waals surface area contributed by atoms with E-state index in [1.54, 1.807) is 0 Å². The third kappa shape index (κ3) is 3.97. The van der Waals surface area contributed by atoms with Crippen molar-refractivity contribution < 1.29 is 13.5 Å². The van der Waals surface area contributed by atoms with Gasteiger partial charge < -0.3 is 5.11 Å². The molecule has 1 aliphatic heterocycles. The minimum Gasteiger partial charge on any atom is -0.396 e. The number of halogens is 1. The van der Waals surface area contributed by atoms with Crippen molar-refractivity contribution in [1.29, 1.82) is 0 Å². The van der Waals surface area contributed by atoms with Crippen molar-refractivity contribution in [2.75, 3.05) is 24.4 Å². The summed E-state index contributed by atoms with van der Waals surface area (Å²) >= 11 is 3.41. The van der Waals surface area contributed by atoms with Gasteiger partial charge in [0.15, 0.2) is 0 Å². The van der Waals surface area contributed by atoms with Gasteiger partial charge in [-0.1, -0.05) is 15.9 Å². The predicted octanol–water partition coefficient (Wildman–Crippen LogP) is 2.43. The Morgan fingerprint density at radius 1 is 1.29 bits per heavy atom. The second kappa shape index (κ2) is 6.64. The summed E-state index contributed by atoms with van der Waals surface area (Å²) in [6.07, 6.45) is 1.41. The fraction of sp³-hybridized carbons (Fsp3) is 0.571. The van der Waals surface area contributed by atoms with E-state index in [-0.39, 0.29) is 12.5 Å². The van der Waals surface area contributed by atoms with Crippen LogP contribution in [0.5, 0.6) is 0 Å². The first-order valence-electron chi connectivity index (χ1n) is 6.99. The molecule has 1 aromatic carbocycles. The lowest BCUT2D eigenvalue weighted by molar-refractivity contribution is 0.170. The summed E-state index contributed by atoms with van der Waals surface area (Å²) in [6.45, 7) is 4.80. The van der Waals surface area contributed by atoms with Crippen molar-refractivity contribution in [3.63, 3.8) is 0 Å². The maximum atomic E-state index is 12.5. The second-order valence-corrected chi connectivity index (χ2v) is 8.13. The number of aliphatic hydroxyl groups is 1. The fourth-order valence-corrected chi connectivity index (χ4v) is 4.68. The monoisotopic (exact) mass is 376 g/mol. The number of hydrogen-bond acceptors (Lipinski definition) is 3. The summed E-state index contributed by atoms with van der Waals surface area (Å²) in [5.41, 5.74) is 2.41. The lowest BCUT2D eigenvalue weighted by Crippen LogP contribution is -2.42. The van der Waals surface area contributed by atoms with Gasteiger partial charge in [0.1, 0.15) is 0 Å². The first kappa shape index (κ1) is 16.7. The summed E-state index contributed by atoms with van der Waals surface area (Å²) in [4.78, 5) is 0. The molecule has 2 rings (SSSR count). The summed E-state index contributed by atoms with van der Waals surface area (Å²) < 4.78 is 30.1. The number of nitrogens with one attached hydrogen (secondary N) is 1. The molecule has 0 unspecified atom stereocenters. The highest BCUT2D eigenvalue weighted by Gasteiger charge is 2.28. The molecule has 2 N–H and O–H groups in total. The molecular formula is C14H21BrN2O3S. The predicted molar refractivity (Wildman–Crippen MR) is 87.5 cm³/mol. The minimum absolute atomic E-state index is 0.131. The molecule has 0 saturated carbocycles. The Hall–Kier alpha value is -0.630. The molecule has 0 bridgehead atoms. The summed E-state index contributed by atoms with van der Waals surface area (Å²) in [7, 11) is -3.54. The molecule has 5 nitrogen and oxygen atoms in total. The normalized spacial score (nSPS) is 17.9. The number of anilines is 1. The molecule has 0 aliphatic carbocycles. The zero-order chi connectivity index (χ0) is 15.6. The molecule has 118 valence electrons. The maximum Gasteiger partial charge on any atom is 0.301 e. The largest absolute Gasteiger partial charge is 0.396 e. The van der Waals surface area contributed by atoms with Crippen LogP contribution in [0.15, 0.2) is 16.6 Å². The van der Waals surface area contributed by atoms with Crippen molar-refractivity contribution in [1.82, 2.24) is 4.31 Å². The van der Waals surface area contributed by atoms with E-state index < -0.39 is 10.2 Å². The van der Waals surface area contributed by atoms with Crippen LogP contribution in [0.3, 0.4) is 0 Å². The van der Waals surface area contributed by atoms with Gasteiger partial charge in [0.2, 0.25) is 0 Å². The van der Waals surface area contributed by atoms with Crippen LogP contribution in [0.2, 0.25) is 0 Å². The van der Waals surface area contributed by atoms with E-state index in [1.807, 2.05) is 26.0 Å². The van der Waals surface area contributed by atoms with E-state index >= 15 is 0 Å². The standard InChI is InChI=1S/C14H21BrN2O3S/c1-10-7-13(15)8-11(2)14(10)16-21(19,20)17-5-3-12(9-18)4-6-17/h7-8,12,16,18H,3-6,9H2,1-2H3. The molecule has 1 heterocycles. The zero-order valence-corrected chi connectivity index (χ0v) is 14.7. The van der Waals surface area contributed by atoms with E-state index in [1.165, 1.54) is 4.31 Å². The topological polar surface area (TPSA) is 69.6 Å². The average Bonchev–Trinajstić information content (AvgIpc) is 2.43. The molecule has 0 amide bonds. The van der Waals surface area contributed by atoms with Crippen molar-refractivity contribution >= 4 is 31.8 Å². The van der Waals surface area contributed by atoms with Crippen molar-refractivity contribution in [3.05, 3.63) is 27.7 Å². The molecular weight excluding hydrogens is 356 g/mol. The Labute approximate surface area is 134 Å². The lowest BCUT2D eigenvalue weighted by atomic mass is 10.00. The molecule has 0 atom stereocenters. The first-order valence-corrected chi connectivity index (χ1v) is 9.22. The highest BCUT2D eigenvalue weighted by Crippen LogP contribution is 2.27. The van der Waals surface area contributed by atoms with E-state index in [2.05, 4.69) is 20.7 Å². The minimum atomic E-state index is -3.54. The molecule has 0 spiro atoms. The quantitative estimate of drug-likeness (QED) is 0.847. The van der Waals surface area contributed by atoms with Crippen LogP contribution in [0.1, 0.15) is 24.0 Å². The average molecular weight is 377 g/mol. The Kier molecular flexibility index (Phi) is 5.29. The van der Waals surface area contributed by atoms with E-state index in [4.69, 9.17) is 5.11 Å². The molecule has 0 radical (unpaired) electrons. The lowest BCUT2D eigenvalue weighted by Gasteiger charge is -2.30. The smallest absolute Gasteiger partial charge is 0.301 e. The molecule has 1 aliphatic rings. The number of nitrogens with zero attached hydrogens (tertiary/aromatic N) is 1. The fourth-order valence-electron chi connectivity index (χ4n) is 2.60. The van der Waals surface area contributed by atoms with Crippen molar-refractivity contribution in [2.24, 2.45) is 5.92 Å². The molecule has 1 saturated heterocycles. The Morgan fingerprint density at radius 3 is 2.29 bits per heavy atom. The summed E-state index contributed by atoms with van der Waals surface area (Å²) in [5, 5.41) is 9.13. The van der Waals surface area contributed by atoms with Crippen LogP contribution >= 0.6 is 15.9 Å². The van der Waals surface area contributed by atoms with Gasteiger partial charge in [-0.25, -0.2) is 0 Å². The Bertz CT molecular complexity index is 588. The van der Waals surface area contributed by atoms with Gasteiger partial charge in [-0.3, -0.25) is 4.72 Å². The maximum absolute atomic E-state index is 12.5. The molecule has 0 aromatic heterocycles. The van der Waals surface area contributed by atoms with E-state index in [0.717, 1.165) is 15.6 Å². The number of hydrogen-bond donors (Lipinski definition) is 2. The van der Waals surface area contributed by atoms with Crippen molar-refractivity contribution in [3.8, 4) is 0 Å². The van der Waals surface area contributed by atoms with Crippen LogP contribution in [0.4, 0.5) is 5.69 Å². The Balaban J connectivity index is 2.15. The van der Waals surface area contributed by atoms with Gasteiger partial charge in [0, 0.05) is 24.2 Å². The van der Waals surface area contributed by atoms with Crippen LogP contribution in [0, 0.1) is 19.8 Å². The van der Waals surface area contributed by atoms with Crippen LogP contribution in [0.25, 0.3) is 0 Å². The zero-order valence-electron chi connectivity index (χ0n) is 12.3. The van der Waals surface area contributed by atoms with Gasteiger partial charge in [-0.05, 0) is 55.9 Å². The van der Waals surface area contributed by atoms with Crippen LogP contribution < -0.4 is 4.72 Å². The third-order valence-electron chi connectivity index (χ3n) is 3.90. The number of benzene rings is 1. The van der Waals surface area contributed by atoms with E-state index in [0.29, 0.717) is 31.6 Å². The first-order chi connectivity index (χ1) is 9.83. The van der Waals surface area contributed by atoms with Crippen molar-refractivity contribution in [2.45, 2.75) is 26.7 Å². The summed E-state index contributed by atoms with van der Waals surface area (Å²) in [6, 6.07) is 3.78. The molecule has 1 fully saturated rings. The summed E-state index contributed by atoms with van der Waals surface area (Å²) in [5.74, 6) is 0.215. The number of piperidine rings is 1. The number of aryl methyl sites for hydroxylation is 2. The van der Waals surface area contributed by atoms with Gasteiger partial charge >= 0.3 is 10.2 Å². The van der Waals surface area contributed by atoms with Crippen LogP contribution in [-0.4, -0.2) is 37.5 Å². The highest BCUT2D eigenvalue weighted by atomic mass is 79.9. The molecule has 21 heavy (non-hydrogen) atoms. The molecule has 7 heteroatoms. The van der Waals surface area contributed by atoms with Gasteiger partial charge in [-0.2, -0.15) is 12.7 Å². The Morgan fingerprint density at radius 2 is 1.81 bits per heavy atom. The highest BCUT2D eigenvalue weighted by molar-refractivity contribution is 9.10. The number of rotatable bonds is 4. The number of aliphatic hydroxyl groups excluding tert-OH is 1. The SMILES string of the molecule is Cc1cc(Br)cc(C)c1NS(=O)(=O)N1CCC(CO)CC1.